The summed E-state index contributed by atoms with van der Waals surface area (Å²) in [5.41, 5.74) is 0.938. The minimum Gasteiger partial charge on any atom is -0.334 e. The van der Waals surface area contributed by atoms with Crippen molar-refractivity contribution in [2.45, 2.75) is 6.54 Å². The van der Waals surface area contributed by atoms with Crippen molar-refractivity contribution in [2.75, 3.05) is 5.32 Å². The predicted molar refractivity (Wildman–Crippen MR) is 78.8 cm³/mol. The van der Waals surface area contributed by atoms with Gasteiger partial charge in [-0.05, 0) is 29.0 Å². The van der Waals surface area contributed by atoms with Crippen LogP contribution >= 0.6 is 27.3 Å². The van der Waals surface area contributed by atoms with E-state index in [0.29, 0.717) is 6.54 Å². The van der Waals surface area contributed by atoms with Gasteiger partial charge in [0.2, 0.25) is 0 Å². The number of thiazole rings is 1. The molecule has 0 aliphatic rings. The summed E-state index contributed by atoms with van der Waals surface area (Å²) in [6.07, 6.45) is 1.11. The first-order chi connectivity index (χ1) is 9.54. The third-order valence-electron chi connectivity index (χ3n) is 2.26. The van der Waals surface area contributed by atoms with Crippen molar-refractivity contribution < 1.29 is 9.72 Å². The van der Waals surface area contributed by atoms with Crippen LogP contribution in [0.25, 0.3) is 0 Å². The van der Waals surface area contributed by atoms with Crippen molar-refractivity contribution in [3.05, 3.63) is 50.6 Å². The lowest BCUT2D eigenvalue weighted by atomic mass is 10.2. The van der Waals surface area contributed by atoms with Gasteiger partial charge in [0.25, 0.3) is 0 Å². The molecule has 0 aliphatic heterocycles. The number of urea groups is 1. The first-order valence-electron chi connectivity index (χ1n) is 5.44. The highest BCUT2D eigenvalue weighted by atomic mass is 79.9. The Morgan fingerprint density at radius 2 is 2.10 bits per heavy atom. The minimum absolute atomic E-state index is 0.117. The highest BCUT2D eigenvalue weighted by molar-refractivity contribution is 9.10. The van der Waals surface area contributed by atoms with E-state index in [2.05, 4.69) is 31.5 Å². The van der Waals surface area contributed by atoms with E-state index in [-0.39, 0.29) is 10.1 Å². The number of anilines is 1. The fourth-order valence-electron chi connectivity index (χ4n) is 1.33. The maximum absolute atomic E-state index is 11.6. The topological polar surface area (TPSA) is 97.2 Å². The molecule has 0 unspecified atom stereocenters. The molecule has 0 fully saturated rings. The van der Waals surface area contributed by atoms with Gasteiger partial charge in [-0.15, -0.1) is 0 Å². The number of amides is 2. The Hall–Kier alpha value is -2.00. The number of benzene rings is 1. The first kappa shape index (κ1) is 14.4. The predicted octanol–water partition coefficient (Wildman–Crippen LogP) is 3.14. The van der Waals surface area contributed by atoms with Crippen molar-refractivity contribution in [3.63, 3.8) is 0 Å². The van der Waals surface area contributed by atoms with Gasteiger partial charge in [0, 0.05) is 11.0 Å². The quantitative estimate of drug-likeness (QED) is 0.649. The molecule has 20 heavy (non-hydrogen) atoms. The van der Waals surface area contributed by atoms with Crippen LogP contribution in [0.15, 0.2) is 34.9 Å². The van der Waals surface area contributed by atoms with Crippen molar-refractivity contribution in [2.24, 2.45) is 0 Å². The van der Waals surface area contributed by atoms with Gasteiger partial charge in [0.05, 0.1) is 4.92 Å². The van der Waals surface area contributed by atoms with Crippen LogP contribution in [-0.2, 0) is 6.54 Å². The van der Waals surface area contributed by atoms with E-state index in [1.165, 1.54) is 0 Å². The molecule has 0 bridgehead atoms. The standard InChI is InChI=1S/C11H9BrN4O3S/c12-8-3-1-7(2-4-8)5-13-10(17)15-11-14-6-9(20-11)16(18)19/h1-4,6H,5H2,(H2,13,14,15,17). The molecule has 2 aromatic rings. The van der Waals surface area contributed by atoms with Gasteiger partial charge in [0.15, 0.2) is 5.13 Å². The molecule has 7 nitrogen and oxygen atoms in total. The lowest BCUT2D eigenvalue weighted by Gasteiger charge is -2.05. The van der Waals surface area contributed by atoms with Gasteiger partial charge in [-0.25, -0.2) is 9.78 Å². The van der Waals surface area contributed by atoms with Crippen LogP contribution < -0.4 is 10.6 Å². The minimum atomic E-state index is -0.553. The number of aromatic nitrogens is 1. The molecule has 0 saturated carbocycles. The molecule has 0 saturated heterocycles. The largest absolute Gasteiger partial charge is 0.345 e. The second-order valence-electron chi connectivity index (χ2n) is 3.69. The molecule has 0 radical (unpaired) electrons. The lowest BCUT2D eigenvalue weighted by molar-refractivity contribution is -0.380. The van der Waals surface area contributed by atoms with Crippen molar-refractivity contribution >= 4 is 43.4 Å². The molecule has 0 atom stereocenters. The molecule has 9 heteroatoms. The summed E-state index contributed by atoms with van der Waals surface area (Å²) in [7, 11) is 0. The summed E-state index contributed by atoms with van der Waals surface area (Å²) in [4.78, 5) is 25.3. The number of nitrogens with zero attached hydrogens (tertiary/aromatic N) is 2. The fraction of sp³-hybridized carbons (Fsp3) is 0.0909. The molecule has 1 aromatic carbocycles. The zero-order valence-electron chi connectivity index (χ0n) is 10.00. The number of nitrogens with one attached hydrogen (secondary N) is 2. The monoisotopic (exact) mass is 356 g/mol. The number of rotatable bonds is 4. The molecule has 2 rings (SSSR count). The molecule has 2 N–H and O–H groups in total. The summed E-state index contributed by atoms with van der Waals surface area (Å²) in [5.74, 6) is 0. The van der Waals surface area contributed by atoms with E-state index in [1.54, 1.807) is 0 Å². The average molecular weight is 357 g/mol. The van der Waals surface area contributed by atoms with Gasteiger partial charge in [-0.2, -0.15) is 0 Å². The number of hydrogen-bond donors (Lipinski definition) is 2. The summed E-state index contributed by atoms with van der Waals surface area (Å²) in [6.45, 7) is 0.354. The number of nitro groups is 1. The van der Waals surface area contributed by atoms with Crippen molar-refractivity contribution in [1.29, 1.82) is 0 Å². The maximum Gasteiger partial charge on any atom is 0.345 e. The van der Waals surface area contributed by atoms with Crippen LogP contribution in [0.4, 0.5) is 14.9 Å². The second kappa shape index (κ2) is 6.44. The fourth-order valence-corrected chi connectivity index (χ4v) is 2.23. The molecule has 1 aromatic heterocycles. The normalized spacial score (nSPS) is 10.1. The summed E-state index contributed by atoms with van der Waals surface area (Å²) in [5, 5.41) is 15.6. The molecule has 2 amide bonds. The average Bonchev–Trinajstić information content (AvgIpc) is 2.87. The summed E-state index contributed by atoms with van der Waals surface area (Å²) in [6, 6.07) is 7.03. The summed E-state index contributed by atoms with van der Waals surface area (Å²) >= 11 is 4.13. The smallest absolute Gasteiger partial charge is 0.334 e. The van der Waals surface area contributed by atoms with E-state index in [4.69, 9.17) is 0 Å². The number of hydrogen-bond acceptors (Lipinski definition) is 5. The Morgan fingerprint density at radius 3 is 2.70 bits per heavy atom. The number of halogens is 1. The molecular formula is C11H9BrN4O3S. The molecular weight excluding hydrogens is 348 g/mol. The number of carbonyl (C=O) groups is 1. The van der Waals surface area contributed by atoms with E-state index in [9.17, 15) is 14.9 Å². The molecule has 0 aliphatic carbocycles. The Morgan fingerprint density at radius 1 is 1.40 bits per heavy atom. The lowest BCUT2D eigenvalue weighted by Crippen LogP contribution is -2.28. The van der Waals surface area contributed by atoms with Gasteiger partial charge in [-0.1, -0.05) is 28.1 Å². The third-order valence-corrected chi connectivity index (χ3v) is 3.65. The Kier molecular flexibility index (Phi) is 4.64. The van der Waals surface area contributed by atoms with E-state index >= 15 is 0 Å². The Bertz CT molecular complexity index is 629. The van der Waals surface area contributed by atoms with E-state index in [1.807, 2.05) is 24.3 Å². The number of carbonyl (C=O) groups excluding carboxylic acids is 1. The highest BCUT2D eigenvalue weighted by Crippen LogP contribution is 2.24. The summed E-state index contributed by atoms with van der Waals surface area (Å²) < 4.78 is 0.959. The third kappa shape index (κ3) is 4.00. The van der Waals surface area contributed by atoms with Crippen LogP contribution in [-0.4, -0.2) is 15.9 Å². The van der Waals surface area contributed by atoms with Crippen LogP contribution in [0, 0.1) is 10.1 Å². The zero-order valence-corrected chi connectivity index (χ0v) is 12.4. The Balaban J connectivity index is 1.85. The van der Waals surface area contributed by atoms with Crippen LogP contribution in [0.2, 0.25) is 0 Å². The first-order valence-corrected chi connectivity index (χ1v) is 7.05. The van der Waals surface area contributed by atoms with Crippen LogP contribution in [0.1, 0.15) is 5.56 Å². The van der Waals surface area contributed by atoms with Crippen LogP contribution in [0.5, 0.6) is 0 Å². The highest BCUT2D eigenvalue weighted by Gasteiger charge is 2.13. The second-order valence-corrected chi connectivity index (χ2v) is 5.62. The SMILES string of the molecule is O=C(NCc1ccc(Br)cc1)Nc1ncc([N+](=O)[O-])s1. The van der Waals surface area contributed by atoms with Gasteiger partial charge in [0.1, 0.15) is 6.20 Å². The molecule has 1 heterocycles. The van der Waals surface area contributed by atoms with Gasteiger partial charge >= 0.3 is 11.0 Å². The zero-order chi connectivity index (χ0) is 14.5. The van der Waals surface area contributed by atoms with Crippen molar-refractivity contribution in [1.82, 2.24) is 10.3 Å². The van der Waals surface area contributed by atoms with Gasteiger partial charge in [-0.3, -0.25) is 15.4 Å². The Labute approximate surface area is 126 Å². The van der Waals surface area contributed by atoms with Crippen molar-refractivity contribution in [3.8, 4) is 0 Å². The van der Waals surface area contributed by atoms with Gasteiger partial charge < -0.3 is 5.32 Å². The van der Waals surface area contributed by atoms with E-state index in [0.717, 1.165) is 27.6 Å². The maximum atomic E-state index is 11.6. The van der Waals surface area contributed by atoms with Crippen LogP contribution in [0.3, 0.4) is 0 Å². The van der Waals surface area contributed by atoms with E-state index < -0.39 is 11.0 Å². The molecule has 104 valence electrons. The molecule has 0 spiro atoms.